The lowest BCUT2D eigenvalue weighted by atomic mass is 10.2. The average molecular weight is 344 g/mol. The lowest BCUT2D eigenvalue weighted by Crippen LogP contribution is -2.38. The molecule has 2 amide bonds. The van der Waals surface area contributed by atoms with Gasteiger partial charge in [-0.25, -0.2) is 17.6 Å². The minimum atomic E-state index is -3.13. The van der Waals surface area contributed by atoms with Crippen LogP contribution in [0.1, 0.15) is 12.5 Å². The van der Waals surface area contributed by atoms with E-state index in [1.807, 2.05) is 0 Å². The van der Waals surface area contributed by atoms with E-state index in [1.165, 1.54) is 24.1 Å². The van der Waals surface area contributed by atoms with Gasteiger partial charge in [-0.2, -0.15) is 0 Å². The zero-order valence-electron chi connectivity index (χ0n) is 13.4. The Kier molecular flexibility index (Phi) is 5.13. The number of rotatable bonds is 2. The fourth-order valence-corrected chi connectivity index (χ4v) is 4.25. The number of amides is 2. The molecule has 1 fully saturated rings. The highest BCUT2D eigenvalue weighted by atomic mass is 32.2. The average Bonchev–Trinajstić information content (AvgIpc) is 2.59. The van der Waals surface area contributed by atoms with Gasteiger partial charge in [0, 0.05) is 24.8 Å². The second-order valence-electron chi connectivity index (χ2n) is 5.90. The number of ether oxygens (including phenoxy) is 1. The first-order valence-electron chi connectivity index (χ1n) is 7.32. The molecule has 0 aromatic heterocycles. The molecule has 6 nitrogen and oxygen atoms in total. The third kappa shape index (κ3) is 4.34. The van der Waals surface area contributed by atoms with Gasteiger partial charge < -0.3 is 15.0 Å². The maximum atomic E-state index is 13.8. The molecule has 0 bridgehead atoms. The van der Waals surface area contributed by atoms with E-state index in [1.54, 1.807) is 13.8 Å². The SMILES string of the molecule is COc1cc(C)c(NC(=O)N2CCS(=O)(=O)C[C@H](C)C2)cc1F. The quantitative estimate of drug-likeness (QED) is 0.891. The molecule has 0 spiro atoms. The van der Waals surface area contributed by atoms with Crippen LogP contribution in [0.15, 0.2) is 12.1 Å². The number of carbonyl (C=O) groups is 1. The largest absolute Gasteiger partial charge is 0.494 e. The molecule has 1 heterocycles. The van der Waals surface area contributed by atoms with Crippen LogP contribution in [0, 0.1) is 18.7 Å². The topological polar surface area (TPSA) is 75.7 Å². The minimum Gasteiger partial charge on any atom is -0.494 e. The van der Waals surface area contributed by atoms with Crippen molar-refractivity contribution in [1.82, 2.24) is 4.90 Å². The number of carbonyl (C=O) groups excluding carboxylic acids is 1. The third-order valence-corrected chi connectivity index (χ3v) is 5.65. The molecular formula is C15H21FN2O4S. The highest BCUT2D eigenvalue weighted by Gasteiger charge is 2.27. The summed E-state index contributed by atoms with van der Waals surface area (Å²) in [4.78, 5) is 13.8. The first-order valence-corrected chi connectivity index (χ1v) is 9.14. The van der Waals surface area contributed by atoms with Crippen LogP contribution in [0.25, 0.3) is 0 Å². The van der Waals surface area contributed by atoms with Crippen molar-refractivity contribution in [2.45, 2.75) is 13.8 Å². The summed E-state index contributed by atoms with van der Waals surface area (Å²) in [6.07, 6.45) is 0. The molecule has 0 aliphatic carbocycles. The summed E-state index contributed by atoms with van der Waals surface area (Å²) >= 11 is 0. The molecule has 1 N–H and O–H groups in total. The number of nitrogens with one attached hydrogen (secondary N) is 1. The van der Waals surface area contributed by atoms with Gasteiger partial charge in [0.1, 0.15) is 0 Å². The summed E-state index contributed by atoms with van der Waals surface area (Å²) in [6.45, 7) is 4.01. The fourth-order valence-electron chi connectivity index (χ4n) is 2.61. The molecule has 2 rings (SSSR count). The van der Waals surface area contributed by atoms with Gasteiger partial charge in [0.2, 0.25) is 0 Å². The third-order valence-electron chi connectivity index (χ3n) is 3.77. The number of sulfone groups is 1. The van der Waals surface area contributed by atoms with Crippen LogP contribution in [0.5, 0.6) is 5.75 Å². The molecule has 8 heteroatoms. The van der Waals surface area contributed by atoms with Crippen LogP contribution in [0.3, 0.4) is 0 Å². The summed E-state index contributed by atoms with van der Waals surface area (Å²) in [5, 5.41) is 2.64. The number of anilines is 1. The highest BCUT2D eigenvalue weighted by molar-refractivity contribution is 7.91. The molecule has 1 aliphatic heterocycles. The van der Waals surface area contributed by atoms with Gasteiger partial charge in [0.05, 0.1) is 18.6 Å². The van der Waals surface area contributed by atoms with Gasteiger partial charge in [-0.15, -0.1) is 0 Å². The van der Waals surface area contributed by atoms with Crippen LogP contribution in [-0.2, 0) is 9.84 Å². The number of urea groups is 1. The van der Waals surface area contributed by atoms with Gasteiger partial charge in [-0.05, 0) is 24.5 Å². The van der Waals surface area contributed by atoms with Crippen molar-refractivity contribution in [3.63, 3.8) is 0 Å². The van der Waals surface area contributed by atoms with Gasteiger partial charge in [0.25, 0.3) is 0 Å². The Labute approximate surface area is 135 Å². The number of hydrogen-bond acceptors (Lipinski definition) is 4. The highest BCUT2D eigenvalue weighted by Crippen LogP contribution is 2.25. The summed E-state index contributed by atoms with van der Waals surface area (Å²) in [7, 11) is -1.76. The zero-order chi connectivity index (χ0) is 17.2. The van der Waals surface area contributed by atoms with Crippen LogP contribution in [0.4, 0.5) is 14.9 Å². The number of benzene rings is 1. The normalized spacial score (nSPS) is 20.7. The van der Waals surface area contributed by atoms with E-state index in [4.69, 9.17) is 4.74 Å². The van der Waals surface area contributed by atoms with Gasteiger partial charge >= 0.3 is 6.03 Å². The smallest absolute Gasteiger partial charge is 0.321 e. The predicted molar refractivity (Wildman–Crippen MR) is 86.1 cm³/mol. The summed E-state index contributed by atoms with van der Waals surface area (Å²) < 4.78 is 42.2. The van der Waals surface area contributed by atoms with Crippen molar-refractivity contribution in [3.8, 4) is 5.75 Å². The Balaban J connectivity index is 2.14. The van der Waals surface area contributed by atoms with E-state index >= 15 is 0 Å². The number of aryl methyl sites for hydroxylation is 1. The number of nitrogens with zero attached hydrogens (tertiary/aromatic N) is 1. The van der Waals surface area contributed by atoms with Gasteiger partial charge in [-0.1, -0.05) is 6.92 Å². The van der Waals surface area contributed by atoms with Crippen molar-refractivity contribution < 1.29 is 22.3 Å². The Morgan fingerprint density at radius 2 is 2.13 bits per heavy atom. The van der Waals surface area contributed by atoms with Crippen LogP contribution >= 0.6 is 0 Å². The second-order valence-corrected chi connectivity index (χ2v) is 8.13. The van der Waals surface area contributed by atoms with Crippen molar-refractivity contribution in [3.05, 3.63) is 23.5 Å². The van der Waals surface area contributed by atoms with Crippen molar-refractivity contribution in [2.24, 2.45) is 5.92 Å². The first-order chi connectivity index (χ1) is 10.7. The minimum absolute atomic E-state index is 0.0548. The lowest BCUT2D eigenvalue weighted by Gasteiger charge is -2.23. The fraction of sp³-hybridized carbons (Fsp3) is 0.533. The van der Waals surface area contributed by atoms with Crippen molar-refractivity contribution >= 4 is 21.6 Å². The zero-order valence-corrected chi connectivity index (χ0v) is 14.2. The number of methoxy groups -OCH3 is 1. The molecular weight excluding hydrogens is 323 g/mol. The summed E-state index contributed by atoms with van der Waals surface area (Å²) in [5.74, 6) is -0.578. The standard InChI is InChI=1S/C15H21FN2O4S/c1-10-8-18(4-5-23(20,21)9-10)15(19)17-13-7-12(16)14(22-3)6-11(13)2/h6-7,10H,4-5,8-9H2,1-3H3,(H,17,19)/t10-/m1/s1. The van der Waals surface area contributed by atoms with E-state index in [-0.39, 0.29) is 29.7 Å². The molecule has 0 unspecified atom stereocenters. The molecule has 1 aliphatic rings. The maximum Gasteiger partial charge on any atom is 0.321 e. The van der Waals surface area contributed by atoms with E-state index in [0.29, 0.717) is 17.8 Å². The molecule has 0 saturated carbocycles. The molecule has 128 valence electrons. The monoisotopic (exact) mass is 344 g/mol. The summed E-state index contributed by atoms with van der Waals surface area (Å²) in [5.41, 5.74) is 1.00. The molecule has 23 heavy (non-hydrogen) atoms. The molecule has 0 radical (unpaired) electrons. The lowest BCUT2D eigenvalue weighted by molar-refractivity contribution is 0.210. The van der Waals surface area contributed by atoms with E-state index in [0.717, 1.165) is 0 Å². The van der Waals surface area contributed by atoms with Gasteiger partial charge in [-0.3, -0.25) is 0 Å². The van der Waals surface area contributed by atoms with Crippen LogP contribution in [-0.4, -0.2) is 51.1 Å². The molecule has 1 aromatic rings. The number of halogens is 1. The predicted octanol–water partition coefficient (Wildman–Crippen LogP) is 2.04. The maximum absolute atomic E-state index is 13.8. The Morgan fingerprint density at radius 3 is 2.78 bits per heavy atom. The van der Waals surface area contributed by atoms with Crippen molar-refractivity contribution in [1.29, 1.82) is 0 Å². The van der Waals surface area contributed by atoms with E-state index in [2.05, 4.69) is 5.32 Å². The Bertz CT molecular complexity index is 706. The van der Waals surface area contributed by atoms with Gasteiger partial charge in [0.15, 0.2) is 21.4 Å². The van der Waals surface area contributed by atoms with E-state index < -0.39 is 21.7 Å². The second kappa shape index (κ2) is 6.74. The Hall–Kier alpha value is -1.83. The van der Waals surface area contributed by atoms with E-state index in [9.17, 15) is 17.6 Å². The molecule has 1 atom stereocenters. The Morgan fingerprint density at radius 1 is 1.43 bits per heavy atom. The van der Waals surface area contributed by atoms with Crippen molar-refractivity contribution in [2.75, 3.05) is 37.0 Å². The molecule has 1 saturated heterocycles. The summed E-state index contributed by atoms with van der Waals surface area (Å²) in [6, 6.07) is 2.27. The molecule has 1 aromatic carbocycles. The number of hydrogen-bond donors (Lipinski definition) is 1. The van der Waals surface area contributed by atoms with Crippen LogP contribution in [0.2, 0.25) is 0 Å². The first kappa shape index (κ1) is 17.5. The van der Waals surface area contributed by atoms with Crippen LogP contribution < -0.4 is 10.1 Å².